The van der Waals surface area contributed by atoms with Gasteiger partial charge >= 0.3 is 0 Å². The molecule has 0 aliphatic rings. The van der Waals surface area contributed by atoms with Crippen molar-refractivity contribution in [1.29, 1.82) is 0 Å². The number of benzene rings is 2. The number of carbonyl (C=O) groups is 1. The van der Waals surface area contributed by atoms with Gasteiger partial charge in [0, 0.05) is 12.6 Å². The zero-order chi connectivity index (χ0) is 15.6. The minimum absolute atomic E-state index is 0.112. The minimum atomic E-state index is -0.244. The summed E-state index contributed by atoms with van der Waals surface area (Å²) in [5.41, 5.74) is 8.06. The largest absolute Gasteiger partial charge is 0.508 e. The number of hydrogen-bond donors (Lipinski definition) is 2. The van der Waals surface area contributed by atoms with E-state index < -0.39 is 0 Å². The van der Waals surface area contributed by atoms with Crippen molar-refractivity contribution >= 4 is 28.9 Å². The first-order valence-electron chi connectivity index (χ1n) is 6.61. The highest BCUT2D eigenvalue weighted by Gasteiger charge is 2.21. The highest BCUT2D eigenvalue weighted by molar-refractivity contribution is 6.34. The molecule has 0 unspecified atom stereocenters. The predicted molar refractivity (Wildman–Crippen MR) is 86.1 cm³/mol. The summed E-state index contributed by atoms with van der Waals surface area (Å²) in [7, 11) is 0. The van der Waals surface area contributed by atoms with Gasteiger partial charge in [-0.1, -0.05) is 23.7 Å². The molecule has 0 atom stereocenters. The van der Waals surface area contributed by atoms with Crippen molar-refractivity contribution in [3.05, 3.63) is 52.5 Å². The van der Waals surface area contributed by atoms with Gasteiger partial charge in [-0.05, 0) is 37.6 Å². The average Bonchev–Trinajstić information content (AvgIpc) is 2.46. The lowest BCUT2D eigenvalue weighted by Gasteiger charge is -2.24. The van der Waals surface area contributed by atoms with E-state index in [4.69, 9.17) is 17.3 Å². The van der Waals surface area contributed by atoms with Crippen molar-refractivity contribution in [3.8, 4) is 5.75 Å². The number of nitrogens with two attached hydrogens (primary N) is 1. The second-order valence-corrected chi connectivity index (χ2v) is 5.13. The first-order chi connectivity index (χ1) is 9.95. The van der Waals surface area contributed by atoms with Crippen LogP contribution in [0, 0.1) is 6.92 Å². The highest BCUT2D eigenvalue weighted by Crippen LogP contribution is 2.29. The zero-order valence-electron chi connectivity index (χ0n) is 11.9. The summed E-state index contributed by atoms with van der Waals surface area (Å²) >= 11 is 5.97. The number of nitrogen functional groups attached to an aromatic ring is 1. The fraction of sp³-hybridized carbons (Fsp3) is 0.188. The molecule has 0 saturated carbocycles. The Bertz CT molecular complexity index is 686. The number of anilines is 2. The van der Waals surface area contributed by atoms with Gasteiger partial charge in [0.2, 0.25) is 0 Å². The molecule has 0 saturated heterocycles. The molecule has 21 heavy (non-hydrogen) atoms. The van der Waals surface area contributed by atoms with Gasteiger partial charge in [-0.25, -0.2) is 0 Å². The number of amides is 1. The van der Waals surface area contributed by atoms with E-state index in [0.29, 0.717) is 22.8 Å². The lowest BCUT2D eigenvalue weighted by Crippen LogP contribution is -2.31. The minimum Gasteiger partial charge on any atom is -0.508 e. The van der Waals surface area contributed by atoms with Gasteiger partial charge in [-0.2, -0.15) is 0 Å². The van der Waals surface area contributed by atoms with Gasteiger partial charge in [-0.15, -0.1) is 0 Å². The van der Waals surface area contributed by atoms with Crippen molar-refractivity contribution in [2.45, 2.75) is 13.8 Å². The number of hydrogen-bond acceptors (Lipinski definition) is 3. The van der Waals surface area contributed by atoms with Crippen LogP contribution in [0.2, 0.25) is 5.02 Å². The molecule has 2 aromatic rings. The van der Waals surface area contributed by atoms with Crippen LogP contribution >= 0.6 is 11.6 Å². The molecule has 0 bridgehead atoms. The summed E-state index contributed by atoms with van der Waals surface area (Å²) in [4.78, 5) is 14.3. The van der Waals surface area contributed by atoms with Crippen LogP contribution in [0.25, 0.3) is 0 Å². The number of para-hydroxylation sites is 1. The Morgan fingerprint density at radius 1 is 1.33 bits per heavy atom. The van der Waals surface area contributed by atoms with Gasteiger partial charge in [0.25, 0.3) is 5.91 Å². The summed E-state index contributed by atoms with van der Waals surface area (Å²) < 4.78 is 0. The van der Waals surface area contributed by atoms with Crippen molar-refractivity contribution in [2.75, 3.05) is 17.2 Å². The van der Waals surface area contributed by atoms with E-state index in [2.05, 4.69) is 0 Å². The molecule has 0 aromatic heterocycles. The van der Waals surface area contributed by atoms with E-state index in [-0.39, 0.29) is 17.3 Å². The number of halogens is 1. The molecule has 110 valence electrons. The third-order valence-electron chi connectivity index (χ3n) is 3.33. The highest BCUT2D eigenvalue weighted by atomic mass is 35.5. The van der Waals surface area contributed by atoms with Crippen molar-refractivity contribution < 1.29 is 9.90 Å². The smallest absolute Gasteiger partial charge is 0.260 e. The van der Waals surface area contributed by atoms with E-state index in [9.17, 15) is 9.90 Å². The lowest BCUT2D eigenvalue weighted by atomic mass is 10.1. The Morgan fingerprint density at radius 2 is 2.05 bits per heavy atom. The van der Waals surface area contributed by atoms with E-state index in [0.717, 1.165) is 5.56 Å². The Balaban J connectivity index is 2.48. The predicted octanol–water partition coefficient (Wildman–Crippen LogP) is 3.60. The molecule has 0 radical (unpaired) electrons. The van der Waals surface area contributed by atoms with Crippen LogP contribution in [-0.2, 0) is 0 Å². The number of aromatic hydroxyl groups is 1. The number of rotatable bonds is 3. The number of nitrogens with zero attached hydrogens (tertiary/aromatic N) is 1. The molecule has 2 aromatic carbocycles. The summed E-state index contributed by atoms with van der Waals surface area (Å²) in [6.45, 7) is 4.20. The maximum atomic E-state index is 12.7. The standard InChI is InChI=1S/C16H17ClN2O2/c1-3-19(14-9-11(20)8-7-10(14)2)16(21)12-5-4-6-13(17)15(12)18/h4-9,20H,3,18H2,1-2H3. The van der Waals surface area contributed by atoms with Crippen LogP contribution in [0.4, 0.5) is 11.4 Å². The van der Waals surface area contributed by atoms with Crippen molar-refractivity contribution in [1.82, 2.24) is 0 Å². The number of carbonyl (C=O) groups excluding carboxylic acids is 1. The molecule has 4 nitrogen and oxygen atoms in total. The molecule has 0 fully saturated rings. The molecule has 0 spiro atoms. The third-order valence-corrected chi connectivity index (χ3v) is 3.66. The summed E-state index contributed by atoms with van der Waals surface area (Å²) in [5.74, 6) is -0.132. The molecule has 2 rings (SSSR count). The SMILES string of the molecule is CCN(C(=O)c1cccc(Cl)c1N)c1cc(O)ccc1C. The van der Waals surface area contributed by atoms with Crippen LogP contribution in [0.15, 0.2) is 36.4 Å². The van der Waals surface area contributed by atoms with Crippen molar-refractivity contribution in [2.24, 2.45) is 0 Å². The first-order valence-corrected chi connectivity index (χ1v) is 6.99. The topological polar surface area (TPSA) is 66.6 Å². The average molecular weight is 305 g/mol. The van der Waals surface area contributed by atoms with Gasteiger partial charge in [0.15, 0.2) is 0 Å². The maximum Gasteiger partial charge on any atom is 0.260 e. The van der Waals surface area contributed by atoms with E-state index in [1.165, 1.54) is 0 Å². The molecule has 0 aliphatic carbocycles. The van der Waals surface area contributed by atoms with Gasteiger partial charge in [-0.3, -0.25) is 4.79 Å². The number of phenols is 1. The van der Waals surface area contributed by atoms with Gasteiger partial charge < -0.3 is 15.7 Å². The van der Waals surface area contributed by atoms with Gasteiger partial charge in [0.05, 0.1) is 22.0 Å². The molecule has 0 heterocycles. The first kappa shape index (κ1) is 15.2. The van der Waals surface area contributed by atoms with E-state index in [1.807, 2.05) is 13.8 Å². The number of phenolic OH excluding ortho intramolecular Hbond substituents is 1. The molecule has 5 heteroatoms. The third kappa shape index (κ3) is 2.95. The summed E-state index contributed by atoms with van der Waals surface area (Å²) in [6.07, 6.45) is 0. The number of aryl methyl sites for hydroxylation is 1. The van der Waals surface area contributed by atoms with Crippen LogP contribution < -0.4 is 10.6 Å². The van der Waals surface area contributed by atoms with Crippen molar-refractivity contribution in [3.63, 3.8) is 0 Å². The Labute approximate surface area is 128 Å². The molecule has 1 amide bonds. The Kier molecular flexibility index (Phi) is 4.38. The normalized spacial score (nSPS) is 10.4. The van der Waals surface area contributed by atoms with Crippen LogP contribution in [0.1, 0.15) is 22.8 Å². The fourth-order valence-corrected chi connectivity index (χ4v) is 2.36. The zero-order valence-corrected chi connectivity index (χ0v) is 12.7. The molecular weight excluding hydrogens is 288 g/mol. The second kappa shape index (κ2) is 6.06. The van der Waals surface area contributed by atoms with E-state index in [1.54, 1.807) is 41.3 Å². The lowest BCUT2D eigenvalue weighted by molar-refractivity contribution is 0.0989. The summed E-state index contributed by atoms with van der Waals surface area (Å²) in [6, 6.07) is 9.90. The Hall–Kier alpha value is -2.20. The quantitative estimate of drug-likeness (QED) is 0.851. The van der Waals surface area contributed by atoms with Crippen LogP contribution in [-0.4, -0.2) is 17.6 Å². The molecular formula is C16H17ClN2O2. The monoisotopic (exact) mass is 304 g/mol. The maximum absolute atomic E-state index is 12.7. The second-order valence-electron chi connectivity index (χ2n) is 4.72. The van der Waals surface area contributed by atoms with E-state index >= 15 is 0 Å². The summed E-state index contributed by atoms with van der Waals surface area (Å²) in [5, 5.41) is 10.0. The van der Waals surface area contributed by atoms with Gasteiger partial charge in [0.1, 0.15) is 5.75 Å². The van der Waals surface area contributed by atoms with Crippen LogP contribution in [0.3, 0.4) is 0 Å². The molecule has 0 aliphatic heterocycles. The Morgan fingerprint density at radius 3 is 2.71 bits per heavy atom. The molecule has 3 N–H and O–H groups in total. The fourth-order valence-electron chi connectivity index (χ4n) is 2.18. The van der Waals surface area contributed by atoms with Crippen LogP contribution in [0.5, 0.6) is 5.75 Å².